The van der Waals surface area contributed by atoms with Gasteiger partial charge in [-0.15, -0.1) is 0 Å². The standard InChI is InChI=1S/C13H11F2N3O/c14-10-3-1-8(11(15)5-10)6-17-12-4-2-9(7-18-12)13(16)19/h1-5,7H,6H2,(H2,16,19)(H,17,18). The lowest BCUT2D eigenvalue weighted by molar-refractivity contribution is 0.1000. The first-order valence-electron chi connectivity index (χ1n) is 5.50. The highest BCUT2D eigenvalue weighted by atomic mass is 19.1. The number of rotatable bonds is 4. The Kier molecular flexibility index (Phi) is 3.70. The van der Waals surface area contributed by atoms with Crippen LogP contribution in [0.25, 0.3) is 0 Å². The van der Waals surface area contributed by atoms with Crippen LogP contribution in [-0.4, -0.2) is 10.9 Å². The number of hydrogen-bond acceptors (Lipinski definition) is 3. The number of nitrogens with one attached hydrogen (secondary N) is 1. The molecule has 4 nitrogen and oxygen atoms in total. The van der Waals surface area contributed by atoms with Crippen molar-refractivity contribution in [3.8, 4) is 0 Å². The molecule has 2 aromatic rings. The summed E-state index contributed by atoms with van der Waals surface area (Å²) in [6, 6.07) is 6.43. The van der Waals surface area contributed by atoms with E-state index in [9.17, 15) is 13.6 Å². The summed E-state index contributed by atoms with van der Waals surface area (Å²) in [5.74, 6) is -1.34. The Labute approximate surface area is 108 Å². The number of halogens is 2. The number of carbonyl (C=O) groups is 1. The van der Waals surface area contributed by atoms with Crippen LogP contribution in [0.2, 0.25) is 0 Å². The third-order valence-corrected chi connectivity index (χ3v) is 2.52. The molecule has 3 N–H and O–H groups in total. The zero-order valence-electron chi connectivity index (χ0n) is 9.86. The Balaban J connectivity index is 2.04. The molecule has 1 aromatic carbocycles. The average molecular weight is 263 g/mol. The molecule has 0 fully saturated rings. The molecule has 0 spiro atoms. The van der Waals surface area contributed by atoms with E-state index in [1.807, 2.05) is 0 Å². The molecular weight excluding hydrogens is 252 g/mol. The summed E-state index contributed by atoms with van der Waals surface area (Å²) in [6.07, 6.45) is 1.33. The number of pyridine rings is 1. The number of hydrogen-bond donors (Lipinski definition) is 2. The van der Waals surface area contributed by atoms with Gasteiger partial charge >= 0.3 is 0 Å². The van der Waals surface area contributed by atoms with E-state index >= 15 is 0 Å². The van der Waals surface area contributed by atoms with Crippen molar-refractivity contribution < 1.29 is 13.6 Å². The summed E-state index contributed by atoms with van der Waals surface area (Å²) in [5, 5.41) is 2.86. The van der Waals surface area contributed by atoms with Crippen molar-refractivity contribution in [2.45, 2.75) is 6.54 Å². The van der Waals surface area contributed by atoms with Gasteiger partial charge in [0.1, 0.15) is 17.5 Å². The molecule has 1 heterocycles. The smallest absolute Gasteiger partial charge is 0.250 e. The highest BCUT2D eigenvalue weighted by molar-refractivity contribution is 5.92. The summed E-state index contributed by atoms with van der Waals surface area (Å²) >= 11 is 0. The fourth-order valence-electron chi connectivity index (χ4n) is 1.50. The average Bonchev–Trinajstić information content (AvgIpc) is 2.38. The lowest BCUT2D eigenvalue weighted by Gasteiger charge is -2.07. The second-order valence-electron chi connectivity index (χ2n) is 3.89. The Hall–Kier alpha value is -2.50. The Morgan fingerprint density at radius 1 is 1.26 bits per heavy atom. The highest BCUT2D eigenvalue weighted by Gasteiger charge is 2.04. The number of aromatic nitrogens is 1. The molecule has 0 unspecified atom stereocenters. The summed E-state index contributed by atoms with van der Waals surface area (Å²) in [6.45, 7) is 0.162. The summed E-state index contributed by atoms with van der Waals surface area (Å²) in [4.78, 5) is 14.8. The van der Waals surface area contributed by atoms with Gasteiger partial charge in [-0.25, -0.2) is 13.8 Å². The van der Waals surface area contributed by atoms with Crippen molar-refractivity contribution in [1.82, 2.24) is 4.98 Å². The fourth-order valence-corrected chi connectivity index (χ4v) is 1.50. The minimum absolute atomic E-state index is 0.162. The quantitative estimate of drug-likeness (QED) is 0.887. The monoisotopic (exact) mass is 263 g/mol. The lowest BCUT2D eigenvalue weighted by atomic mass is 10.2. The number of carbonyl (C=O) groups excluding carboxylic acids is 1. The molecule has 6 heteroatoms. The molecule has 0 aliphatic heterocycles. The van der Waals surface area contributed by atoms with Gasteiger partial charge in [-0.1, -0.05) is 6.07 Å². The largest absolute Gasteiger partial charge is 0.366 e. The molecule has 0 aliphatic rings. The van der Waals surface area contributed by atoms with E-state index in [2.05, 4.69) is 10.3 Å². The number of primary amides is 1. The van der Waals surface area contributed by atoms with Crippen molar-refractivity contribution in [2.75, 3.05) is 5.32 Å². The van der Waals surface area contributed by atoms with Gasteiger partial charge in [0.05, 0.1) is 5.56 Å². The topological polar surface area (TPSA) is 68.0 Å². The van der Waals surface area contributed by atoms with Crippen molar-refractivity contribution in [2.24, 2.45) is 5.73 Å². The Morgan fingerprint density at radius 2 is 2.05 bits per heavy atom. The Morgan fingerprint density at radius 3 is 2.63 bits per heavy atom. The van der Waals surface area contributed by atoms with Crippen molar-refractivity contribution in [3.05, 3.63) is 59.3 Å². The van der Waals surface area contributed by atoms with Crippen molar-refractivity contribution >= 4 is 11.7 Å². The van der Waals surface area contributed by atoms with E-state index in [0.717, 1.165) is 6.07 Å². The summed E-state index contributed by atoms with van der Waals surface area (Å²) in [5.41, 5.74) is 5.69. The number of anilines is 1. The van der Waals surface area contributed by atoms with Gasteiger partial charge in [-0.2, -0.15) is 0 Å². The molecule has 0 bridgehead atoms. The molecule has 2 rings (SSSR count). The van der Waals surface area contributed by atoms with Gasteiger partial charge in [0.15, 0.2) is 0 Å². The number of nitrogens with two attached hydrogens (primary N) is 1. The van der Waals surface area contributed by atoms with Crippen LogP contribution in [0, 0.1) is 11.6 Å². The van der Waals surface area contributed by atoms with Crippen LogP contribution in [0.15, 0.2) is 36.5 Å². The number of benzene rings is 1. The highest BCUT2D eigenvalue weighted by Crippen LogP contribution is 2.12. The van der Waals surface area contributed by atoms with E-state index < -0.39 is 17.5 Å². The van der Waals surface area contributed by atoms with E-state index in [1.165, 1.54) is 24.4 Å². The maximum atomic E-state index is 13.4. The first-order valence-corrected chi connectivity index (χ1v) is 5.50. The van der Waals surface area contributed by atoms with Crippen LogP contribution < -0.4 is 11.1 Å². The van der Waals surface area contributed by atoms with Crippen LogP contribution in [0.3, 0.4) is 0 Å². The van der Waals surface area contributed by atoms with E-state index in [1.54, 1.807) is 6.07 Å². The van der Waals surface area contributed by atoms with E-state index in [-0.39, 0.29) is 6.54 Å². The first kappa shape index (κ1) is 12.9. The zero-order chi connectivity index (χ0) is 13.8. The van der Waals surface area contributed by atoms with Crippen molar-refractivity contribution in [3.63, 3.8) is 0 Å². The van der Waals surface area contributed by atoms with Gasteiger partial charge in [-0.3, -0.25) is 4.79 Å². The van der Waals surface area contributed by atoms with Crippen LogP contribution in [-0.2, 0) is 6.54 Å². The number of nitrogens with zero attached hydrogens (tertiary/aromatic N) is 1. The van der Waals surface area contributed by atoms with Gasteiger partial charge in [0.25, 0.3) is 0 Å². The molecule has 0 atom stereocenters. The molecule has 1 amide bonds. The molecule has 0 saturated carbocycles. The van der Waals surface area contributed by atoms with E-state index in [4.69, 9.17) is 5.73 Å². The third-order valence-electron chi connectivity index (χ3n) is 2.52. The molecule has 1 aromatic heterocycles. The van der Waals surface area contributed by atoms with Gasteiger partial charge in [0.2, 0.25) is 5.91 Å². The first-order chi connectivity index (χ1) is 9.06. The molecular formula is C13H11F2N3O. The number of amides is 1. The molecule has 0 saturated heterocycles. The van der Waals surface area contributed by atoms with Crippen LogP contribution >= 0.6 is 0 Å². The second-order valence-corrected chi connectivity index (χ2v) is 3.89. The van der Waals surface area contributed by atoms with Gasteiger partial charge in [0, 0.05) is 24.4 Å². The van der Waals surface area contributed by atoms with E-state index in [0.29, 0.717) is 16.9 Å². The third kappa shape index (κ3) is 3.25. The van der Waals surface area contributed by atoms with Crippen LogP contribution in [0.1, 0.15) is 15.9 Å². The Bertz CT molecular complexity index is 599. The maximum Gasteiger partial charge on any atom is 0.250 e. The molecule has 0 aliphatic carbocycles. The van der Waals surface area contributed by atoms with Crippen LogP contribution in [0.4, 0.5) is 14.6 Å². The zero-order valence-corrected chi connectivity index (χ0v) is 9.86. The second kappa shape index (κ2) is 5.43. The summed E-state index contributed by atoms with van der Waals surface area (Å²) < 4.78 is 26.1. The minimum atomic E-state index is -0.624. The van der Waals surface area contributed by atoms with Crippen LogP contribution in [0.5, 0.6) is 0 Å². The lowest BCUT2D eigenvalue weighted by Crippen LogP contribution is -2.11. The molecule has 98 valence electrons. The minimum Gasteiger partial charge on any atom is -0.366 e. The SMILES string of the molecule is NC(=O)c1ccc(NCc2ccc(F)cc2F)nc1. The van der Waals surface area contributed by atoms with Gasteiger partial charge < -0.3 is 11.1 Å². The normalized spacial score (nSPS) is 10.2. The van der Waals surface area contributed by atoms with Crippen molar-refractivity contribution in [1.29, 1.82) is 0 Å². The maximum absolute atomic E-state index is 13.4. The predicted molar refractivity (Wildman–Crippen MR) is 66.4 cm³/mol. The molecule has 0 radical (unpaired) electrons. The fraction of sp³-hybridized carbons (Fsp3) is 0.0769. The molecule has 19 heavy (non-hydrogen) atoms. The predicted octanol–water partition coefficient (Wildman–Crippen LogP) is 2.07. The van der Waals surface area contributed by atoms with Gasteiger partial charge in [-0.05, 0) is 18.2 Å². The summed E-state index contributed by atoms with van der Waals surface area (Å²) in [7, 11) is 0.